The quantitative estimate of drug-likeness (QED) is 0.696. The van der Waals surface area contributed by atoms with Crippen molar-refractivity contribution in [1.29, 1.82) is 0 Å². The molecule has 0 unspecified atom stereocenters. The van der Waals surface area contributed by atoms with Crippen LogP contribution in [0.3, 0.4) is 0 Å². The molecular weight excluding hydrogens is 398 g/mol. The van der Waals surface area contributed by atoms with Crippen LogP contribution in [0.4, 0.5) is 5.69 Å². The van der Waals surface area contributed by atoms with Gasteiger partial charge in [-0.3, -0.25) is 9.59 Å². The van der Waals surface area contributed by atoms with Crippen LogP contribution in [0.1, 0.15) is 30.1 Å². The van der Waals surface area contributed by atoms with Crippen LogP contribution in [0.5, 0.6) is 11.5 Å². The third kappa shape index (κ3) is 3.67. The van der Waals surface area contributed by atoms with E-state index in [4.69, 9.17) is 9.47 Å². The Labute approximate surface area is 178 Å². The molecule has 2 aliphatic heterocycles. The zero-order valence-electron chi connectivity index (χ0n) is 17.2. The highest BCUT2D eigenvalue weighted by atomic mass is 16.7. The SMILES string of the molecule is CCn1nnc2cc(C(=O)N3CCC(C(=O)Nc4ccc5c(c4)OCO5)CC3)ccc21. The van der Waals surface area contributed by atoms with E-state index in [0.29, 0.717) is 54.2 Å². The first kappa shape index (κ1) is 19.3. The molecule has 0 saturated carbocycles. The number of nitrogens with one attached hydrogen (secondary N) is 1. The van der Waals surface area contributed by atoms with E-state index in [2.05, 4.69) is 15.6 Å². The zero-order chi connectivity index (χ0) is 21.4. The van der Waals surface area contributed by atoms with Gasteiger partial charge in [-0.1, -0.05) is 5.21 Å². The molecule has 3 heterocycles. The molecule has 2 aliphatic rings. The van der Waals surface area contributed by atoms with Gasteiger partial charge in [-0.25, -0.2) is 4.68 Å². The highest BCUT2D eigenvalue weighted by Crippen LogP contribution is 2.34. The number of benzene rings is 2. The standard InChI is InChI=1S/C22H23N5O4/c1-2-27-18-5-3-15(11-17(18)24-25-27)22(29)26-9-7-14(8-10-26)21(28)23-16-4-6-19-20(12-16)31-13-30-19/h3-6,11-12,14H,2,7-10,13H2,1H3,(H,23,28). The number of hydrogen-bond donors (Lipinski definition) is 1. The molecule has 31 heavy (non-hydrogen) atoms. The van der Waals surface area contributed by atoms with E-state index in [1.165, 1.54) is 0 Å². The van der Waals surface area contributed by atoms with Crippen LogP contribution in [0.15, 0.2) is 36.4 Å². The summed E-state index contributed by atoms with van der Waals surface area (Å²) in [4.78, 5) is 27.4. The predicted octanol–water partition coefficient (Wildman–Crippen LogP) is 2.67. The fourth-order valence-corrected chi connectivity index (χ4v) is 4.08. The van der Waals surface area contributed by atoms with Gasteiger partial charge in [0.05, 0.1) is 5.52 Å². The summed E-state index contributed by atoms with van der Waals surface area (Å²) in [5.74, 6) is 1.10. The number of aromatic nitrogens is 3. The Morgan fingerprint density at radius 1 is 1.10 bits per heavy atom. The van der Waals surface area contributed by atoms with Crippen molar-refractivity contribution < 1.29 is 19.1 Å². The molecule has 2 amide bonds. The minimum Gasteiger partial charge on any atom is -0.454 e. The van der Waals surface area contributed by atoms with Gasteiger partial charge in [0, 0.05) is 42.9 Å². The summed E-state index contributed by atoms with van der Waals surface area (Å²) in [7, 11) is 0. The first-order chi connectivity index (χ1) is 15.1. The summed E-state index contributed by atoms with van der Waals surface area (Å²) in [6.07, 6.45) is 1.24. The number of ether oxygens (including phenoxy) is 2. The van der Waals surface area contributed by atoms with Crippen LogP contribution in [0, 0.1) is 5.92 Å². The number of amides is 2. The fraction of sp³-hybridized carbons (Fsp3) is 0.364. The van der Waals surface area contributed by atoms with E-state index in [0.717, 1.165) is 12.1 Å². The lowest BCUT2D eigenvalue weighted by Crippen LogP contribution is -2.41. The number of carbonyl (C=O) groups is 2. The van der Waals surface area contributed by atoms with Gasteiger partial charge in [-0.15, -0.1) is 5.10 Å². The van der Waals surface area contributed by atoms with Gasteiger partial charge in [0.15, 0.2) is 11.5 Å². The summed E-state index contributed by atoms with van der Waals surface area (Å²) < 4.78 is 12.5. The molecule has 9 nitrogen and oxygen atoms in total. The van der Waals surface area contributed by atoms with Crippen molar-refractivity contribution in [3.63, 3.8) is 0 Å². The smallest absolute Gasteiger partial charge is 0.253 e. The average Bonchev–Trinajstić information content (AvgIpc) is 3.44. The predicted molar refractivity (Wildman–Crippen MR) is 113 cm³/mol. The topological polar surface area (TPSA) is 98.6 Å². The van der Waals surface area contributed by atoms with Gasteiger partial charge >= 0.3 is 0 Å². The normalized spacial score (nSPS) is 16.0. The van der Waals surface area contributed by atoms with Crippen LogP contribution in [-0.4, -0.2) is 51.6 Å². The molecular formula is C22H23N5O4. The fourth-order valence-electron chi connectivity index (χ4n) is 4.08. The second-order valence-corrected chi connectivity index (χ2v) is 7.73. The molecule has 1 saturated heterocycles. The first-order valence-corrected chi connectivity index (χ1v) is 10.5. The van der Waals surface area contributed by atoms with E-state index in [1.807, 2.05) is 19.1 Å². The number of aryl methyl sites for hydroxylation is 1. The van der Waals surface area contributed by atoms with Crippen molar-refractivity contribution in [3.8, 4) is 11.5 Å². The van der Waals surface area contributed by atoms with Crippen LogP contribution < -0.4 is 14.8 Å². The number of carbonyl (C=O) groups excluding carboxylic acids is 2. The van der Waals surface area contributed by atoms with Crippen LogP contribution in [0.25, 0.3) is 11.0 Å². The molecule has 0 bridgehead atoms. The summed E-state index contributed by atoms with van der Waals surface area (Å²) in [6, 6.07) is 10.8. The highest BCUT2D eigenvalue weighted by Gasteiger charge is 2.28. The van der Waals surface area contributed by atoms with E-state index in [1.54, 1.807) is 33.8 Å². The Kier molecular flexibility index (Phi) is 4.93. The number of piperidine rings is 1. The second-order valence-electron chi connectivity index (χ2n) is 7.73. The first-order valence-electron chi connectivity index (χ1n) is 10.5. The molecule has 0 radical (unpaired) electrons. The van der Waals surface area contributed by atoms with Crippen molar-refractivity contribution in [2.24, 2.45) is 5.92 Å². The Morgan fingerprint density at radius 2 is 1.90 bits per heavy atom. The highest BCUT2D eigenvalue weighted by molar-refractivity contribution is 5.98. The minimum absolute atomic E-state index is 0.0384. The van der Waals surface area contributed by atoms with Gasteiger partial charge in [0.2, 0.25) is 12.7 Å². The lowest BCUT2D eigenvalue weighted by atomic mass is 9.95. The Balaban J connectivity index is 1.20. The van der Waals surface area contributed by atoms with Crippen molar-refractivity contribution in [2.45, 2.75) is 26.3 Å². The maximum atomic E-state index is 12.9. The third-order valence-corrected chi connectivity index (χ3v) is 5.85. The van der Waals surface area contributed by atoms with Gasteiger partial charge < -0.3 is 19.7 Å². The van der Waals surface area contributed by atoms with Gasteiger partial charge in [0.25, 0.3) is 5.91 Å². The Hall–Kier alpha value is -3.62. The summed E-state index contributed by atoms with van der Waals surface area (Å²) in [5.41, 5.74) is 2.91. The average molecular weight is 421 g/mol. The van der Waals surface area contributed by atoms with Crippen LogP contribution >= 0.6 is 0 Å². The van der Waals surface area contributed by atoms with Gasteiger partial charge in [0.1, 0.15) is 5.52 Å². The van der Waals surface area contributed by atoms with Gasteiger partial charge in [-0.2, -0.15) is 0 Å². The van der Waals surface area contributed by atoms with Crippen molar-refractivity contribution in [3.05, 3.63) is 42.0 Å². The van der Waals surface area contributed by atoms with E-state index < -0.39 is 0 Å². The lowest BCUT2D eigenvalue weighted by molar-refractivity contribution is -0.121. The number of likely N-dealkylation sites (tertiary alicyclic amines) is 1. The Morgan fingerprint density at radius 3 is 2.71 bits per heavy atom. The van der Waals surface area contributed by atoms with E-state index in [9.17, 15) is 9.59 Å². The lowest BCUT2D eigenvalue weighted by Gasteiger charge is -2.31. The molecule has 0 spiro atoms. The maximum absolute atomic E-state index is 12.9. The minimum atomic E-state index is -0.138. The third-order valence-electron chi connectivity index (χ3n) is 5.85. The molecule has 1 fully saturated rings. The molecule has 9 heteroatoms. The largest absolute Gasteiger partial charge is 0.454 e. The van der Waals surface area contributed by atoms with Crippen LogP contribution in [-0.2, 0) is 11.3 Å². The number of fused-ring (bicyclic) bond motifs is 2. The monoisotopic (exact) mass is 421 g/mol. The molecule has 160 valence electrons. The summed E-state index contributed by atoms with van der Waals surface area (Å²) >= 11 is 0. The molecule has 0 aliphatic carbocycles. The molecule has 1 N–H and O–H groups in total. The molecule has 0 atom stereocenters. The molecule has 5 rings (SSSR count). The van der Waals surface area contributed by atoms with Crippen molar-refractivity contribution >= 4 is 28.5 Å². The summed E-state index contributed by atoms with van der Waals surface area (Å²) in [6.45, 7) is 4.00. The van der Waals surface area contributed by atoms with Gasteiger partial charge in [-0.05, 0) is 50.1 Å². The van der Waals surface area contributed by atoms with Crippen molar-refractivity contribution in [2.75, 3.05) is 25.2 Å². The van der Waals surface area contributed by atoms with Crippen LogP contribution in [0.2, 0.25) is 0 Å². The number of nitrogens with zero attached hydrogens (tertiary/aromatic N) is 4. The number of hydrogen-bond acceptors (Lipinski definition) is 6. The second kappa shape index (κ2) is 7.90. The number of anilines is 1. The Bertz CT molecular complexity index is 1150. The summed E-state index contributed by atoms with van der Waals surface area (Å²) in [5, 5.41) is 11.2. The molecule has 1 aromatic heterocycles. The molecule has 2 aromatic carbocycles. The van der Waals surface area contributed by atoms with Crippen molar-refractivity contribution in [1.82, 2.24) is 19.9 Å². The van der Waals surface area contributed by atoms with E-state index >= 15 is 0 Å². The zero-order valence-corrected chi connectivity index (χ0v) is 17.2. The number of rotatable bonds is 4. The van der Waals surface area contributed by atoms with E-state index in [-0.39, 0.29) is 24.5 Å². The molecule has 3 aromatic rings. The maximum Gasteiger partial charge on any atom is 0.253 e.